The van der Waals surface area contributed by atoms with Gasteiger partial charge in [-0.1, -0.05) is 60.7 Å². The largest absolute Gasteiger partial charge is 0.442 e. The summed E-state index contributed by atoms with van der Waals surface area (Å²) in [5.41, 5.74) is 0.875. The molecule has 2 fully saturated rings. The fourth-order valence-corrected chi connectivity index (χ4v) is 5.56. The number of carbonyl (C=O) groups is 2. The molecular formula is C32H46N4O4. The molecule has 2 heterocycles. The van der Waals surface area contributed by atoms with E-state index < -0.39 is 23.4 Å². The quantitative estimate of drug-likeness (QED) is 0.431. The third-order valence-electron chi connectivity index (χ3n) is 7.24. The van der Waals surface area contributed by atoms with Gasteiger partial charge in [-0.05, 0) is 91.4 Å². The summed E-state index contributed by atoms with van der Waals surface area (Å²) in [4.78, 5) is 28.1. The van der Waals surface area contributed by atoms with Gasteiger partial charge in [0.1, 0.15) is 11.2 Å². The van der Waals surface area contributed by atoms with E-state index in [0.29, 0.717) is 38.8 Å². The zero-order valence-corrected chi connectivity index (χ0v) is 24.9. The molecule has 0 aliphatic carbocycles. The Kier molecular flexibility index (Phi) is 9.41. The summed E-state index contributed by atoms with van der Waals surface area (Å²) < 4.78 is 11.9. The predicted octanol–water partition coefficient (Wildman–Crippen LogP) is 6.36. The first-order valence-corrected chi connectivity index (χ1v) is 14.5. The number of hydrazine groups is 1. The minimum absolute atomic E-state index is 0.0514. The Hall–Kier alpha value is -3.10. The van der Waals surface area contributed by atoms with E-state index in [1.165, 1.54) is 0 Å². The first kappa shape index (κ1) is 29.9. The van der Waals surface area contributed by atoms with Gasteiger partial charge in [-0.25, -0.2) is 19.6 Å². The Morgan fingerprint density at radius 1 is 0.650 bits per heavy atom. The fourth-order valence-electron chi connectivity index (χ4n) is 5.56. The molecule has 0 spiro atoms. The van der Waals surface area contributed by atoms with Crippen molar-refractivity contribution in [3.8, 4) is 0 Å². The van der Waals surface area contributed by atoms with Crippen LogP contribution in [0.15, 0.2) is 60.7 Å². The van der Waals surface area contributed by atoms with Crippen LogP contribution in [0.5, 0.6) is 0 Å². The lowest BCUT2D eigenvalue weighted by molar-refractivity contribution is -0.107. The molecule has 8 nitrogen and oxygen atoms in total. The van der Waals surface area contributed by atoms with Crippen molar-refractivity contribution >= 4 is 12.2 Å². The number of ether oxygens (including phenoxy) is 2. The lowest BCUT2D eigenvalue weighted by atomic mass is 9.92. The molecule has 0 bridgehead atoms. The second-order valence-corrected chi connectivity index (χ2v) is 12.8. The van der Waals surface area contributed by atoms with Crippen LogP contribution in [0, 0.1) is 0 Å². The Labute approximate surface area is 239 Å². The summed E-state index contributed by atoms with van der Waals surface area (Å²) in [6, 6.07) is 20.1. The molecule has 2 aliphatic heterocycles. The highest BCUT2D eigenvalue weighted by Gasteiger charge is 2.44. The van der Waals surface area contributed by atoms with Gasteiger partial charge in [0.25, 0.3) is 0 Å². The Bertz CT molecular complexity index is 1020. The van der Waals surface area contributed by atoms with Crippen molar-refractivity contribution in [3.63, 3.8) is 0 Å². The zero-order valence-electron chi connectivity index (χ0n) is 24.9. The van der Waals surface area contributed by atoms with Gasteiger partial charge in [0, 0.05) is 12.1 Å². The molecular weight excluding hydrogens is 504 g/mol. The maximum absolute atomic E-state index is 14.0. The van der Waals surface area contributed by atoms with E-state index in [1.54, 1.807) is 10.0 Å². The summed E-state index contributed by atoms with van der Waals surface area (Å²) in [6.45, 7) is 12.5. The van der Waals surface area contributed by atoms with E-state index in [-0.39, 0.29) is 24.2 Å². The molecule has 2 aromatic rings. The third kappa shape index (κ3) is 7.98. The SMILES string of the molecule is CC(C)(C)OC(=O)N([C@@H]1CCN[C@H](c2ccccc2)C1)N(C(=O)OC(C)(C)C)[C@H]1CCN[C@H](c2ccccc2)C1. The molecule has 0 unspecified atom stereocenters. The number of rotatable bonds is 4. The van der Waals surface area contributed by atoms with Gasteiger partial charge in [0.05, 0.1) is 12.1 Å². The van der Waals surface area contributed by atoms with E-state index in [2.05, 4.69) is 34.9 Å². The maximum atomic E-state index is 14.0. The Morgan fingerprint density at radius 2 is 1.00 bits per heavy atom. The van der Waals surface area contributed by atoms with Crippen LogP contribution in [0.3, 0.4) is 0 Å². The van der Waals surface area contributed by atoms with Gasteiger partial charge in [0.15, 0.2) is 0 Å². The second kappa shape index (κ2) is 12.6. The van der Waals surface area contributed by atoms with Gasteiger partial charge < -0.3 is 20.1 Å². The average molecular weight is 551 g/mol. The zero-order chi connectivity index (χ0) is 28.9. The lowest BCUT2D eigenvalue weighted by Crippen LogP contribution is -2.63. The van der Waals surface area contributed by atoms with Crippen molar-refractivity contribution in [1.82, 2.24) is 20.7 Å². The van der Waals surface area contributed by atoms with Crippen molar-refractivity contribution in [1.29, 1.82) is 0 Å². The van der Waals surface area contributed by atoms with Crippen molar-refractivity contribution < 1.29 is 19.1 Å². The third-order valence-corrected chi connectivity index (χ3v) is 7.24. The van der Waals surface area contributed by atoms with Crippen LogP contribution in [0.1, 0.15) is 90.4 Å². The smallest absolute Gasteiger partial charge is 0.429 e. The van der Waals surface area contributed by atoms with Gasteiger partial charge in [-0.3, -0.25) is 0 Å². The van der Waals surface area contributed by atoms with E-state index in [4.69, 9.17) is 9.47 Å². The highest BCUT2D eigenvalue weighted by molar-refractivity contribution is 5.75. The standard InChI is InChI=1S/C32H46N4O4/c1-31(2,3)39-29(37)35(25-17-19-33-27(21-25)23-13-9-7-10-14-23)36(30(38)40-32(4,5)6)26-18-20-34-28(22-26)24-15-11-8-12-16-24/h7-16,25-28,33-34H,17-22H2,1-6H3/t25-,26+,27-,28-/m0/s1. The minimum Gasteiger partial charge on any atom is -0.442 e. The van der Waals surface area contributed by atoms with Gasteiger partial charge in [-0.2, -0.15) is 0 Å². The highest BCUT2D eigenvalue weighted by Crippen LogP contribution is 2.34. The molecule has 2 aromatic carbocycles. The number of hydrogen-bond acceptors (Lipinski definition) is 6. The van der Waals surface area contributed by atoms with E-state index in [1.807, 2.05) is 77.9 Å². The van der Waals surface area contributed by atoms with Crippen LogP contribution in [-0.2, 0) is 9.47 Å². The van der Waals surface area contributed by atoms with E-state index >= 15 is 0 Å². The predicted molar refractivity (Wildman–Crippen MR) is 157 cm³/mol. The molecule has 0 saturated carbocycles. The van der Waals surface area contributed by atoms with Crippen LogP contribution in [0.25, 0.3) is 0 Å². The van der Waals surface area contributed by atoms with Gasteiger partial charge in [-0.15, -0.1) is 0 Å². The Morgan fingerprint density at radius 3 is 1.32 bits per heavy atom. The lowest BCUT2D eigenvalue weighted by Gasteiger charge is -2.48. The fraction of sp³-hybridized carbons (Fsp3) is 0.562. The van der Waals surface area contributed by atoms with Crippen LogP contribution >= 0.6 is 0 Å². The molecule has 0 radical (unpaired) electrons. The number of amides is 2. The molecule has 2 aliphatic rings. The monoisotopic (exact) mass is 550 g/mol. The molecule has 8 heteroatoms. The normalized spacial score (nSPS) is 23.6. The summed E-state index contributed by atoms with van der Waals surface area (Å²) in [5.74, 6) is 0. The summed E-state index contributed by atoms with van der Waals surface area (Å²) >= 11 is 0. The Balaban J connectivity index is 1.71. The topological polar surface area (TPSA) is 83.1 Å². The van der Waals surface area contributed by atoms with Gasteiger partial charge >= 0.3 is 12.2 Å². The van der Waals surface area contributed by atoms with Crippen LogP contribution in [0.2, 0.25) is 0 Å². The number of nitrogens with one attached hydrogen (secondary N) is 2. The molecule has 218 valence electrons. The molecule has 2 saturated heterocycles. The van der Waals surface area contributed by atoms with Crippen molar-refractivity contribution in [2.75, 3.05) is 13.1 Å². The number of carbonyl (C=O) groups excluding carboxylic acids is 2. The first-order chi connectivity index (χ1) is 18.9. The summed E-state index contributed by atoms with van der Waals surface area (Å²) in [7, 11) is 0. The van der Waals surface area contributed by atoms with Crippen molar-refractivity contribution in [2.24, 2.45) is 0 Å². The van der Waals surface area contributed by atoms with Crippen molar-refractivity contribution in [3.05, 3.63) is 71.8 Å². The van der Waals surface area contributed by atoms with Gasteiger partial charge in [0.2, 0.25) is 0 Å². The molecule has 4 atom stereocenters. The number of nitrogens with zero attached hydrogens (tertiary/aromatic N) is 2. The van der Waals surface area contributed by atoms with Crippen LogP contribution in [0.4, 0.5) is 9.59 Å². The van der Waals surface area contributed by atoms with Crippen LogP contribution in [-0.4, -0.2) is 58.6 Å². The molecule has 4 rings (SSSR count). The molecule has 2 N–H and O–H groups in total. The summed E-state index contributed by atoms with van der Waals surface area (Å²) in [5, 5.41) is 10.4. The minimum atomic E-state index is -0.721. The van der Waals surface area contributed by atoms with Crippen molar-refractivity contribution in [2.45, 2.75) is 103 Å². The highest BCUT2D eigenvalue weighted by atomic mass is 16.6. The molecule has 0 aromatic heterocycles. The second-order valence-electron chi connectivity index (χ2n) is 12.8. The number of hydrogen-bond donors (Lipinski definition) is 2. The average Bonchev–Trinajstić information content (AvgIpc) is 2.90. The molecule has 2 amide bonds. The van der Waals surface area contributed by atoms with E-state index in [9.17, 15) is 9.59 Å². The number of piperidine rings is 2. The van der Waals surface area contributed by atoms with E-state index in [0.717, 1.165) is 11.1 Å². The van der Waals surface area contributed by atoms with Crippen LogP contribution < -0.4 is 10.6 Å². The maximum Gasteiger partial charge on any atom is 0.429 e. The molecule has 40 heavy (non-hydrogen) atoms. The number of benzene rings is 2. The summed E-state index contributed by atoms with van der Waals surface area (Å²) in [6.07, 6.45) is 1.63. The first-order valence-electron chi connectivity index (χ1n) is 14.5.